The van der Waals surface area contributed by atoms with Gasteiger partial charge in [0.15, 0.2) is 0 Å². The van der Waals surface area contributed by atoms with Crippen molar-refractivity contribution >= 4 is 48.8 Å². The van der Waals surface area contributed by atoms with Crippen LogP contribution < -0.4 is 5.56 Å². The number of halogens is 1. The molecule has 0 spiro atoms. The molecule has 0 amide bonds. The van der Waals surface area contributed by atoms with Crippen LogP contribution in [-0.4, -0.2) is 9.55 Å². The number of thiophene rings is 2. The van der Waals surface area contributed by atoms with Gasteiger partial charge in [0.1, 0.15) is 4.70 Å². The second-order valence-electron chi connectivity index (χ2n) is 3.54. The predicted octanol–water partition coefficient (Wildman–Crippen LogP) is 3.33. The van der Waals surface area contributed by atoms with Crippen LogP contribution in [0.25, 0.3) is 10.2 Å². The van der Waals surface area contributed by atoms with Gasteiger partial charge in [-0.1, -0.05) is 0 Å². The largest absolute Gasteiger partial charge is 0.293 e. The summed E-state index contributed by atoms with van der Waals surface area (Å²) in [5.41, 5.74) is 0.818. The number of nitrogens with zero attached hydrogens (tertiary/aromatic N) is 2. The molecule has 0 bridgehead atoms. The van der Waals surface area contributed by atoms with Crippen molar-refractivity contribution in [1.29, 1.82) is 0 Å². The van der Waals surface area contributed by atoms with Gasteiger partial charge >= 0.3 is 0 Å². The highest BCUT2D eigenvalue weighted by Crippen LogP contribution is 2.20. The molecule has 86 valence electrons. The normalized spacial score (nSPS) is 11.1. The summed E-state index contributed by atoms with van der Waals surface area (Å²) in [6, 6.07) is 3.89. The minimum Gasteiger partial charge on any atom is -0.293 e. The summed E-state index contributed by atoms with van der Waals surface area (Å²) < 4.78 is 3.43. The molecule has 0 unspecified atom stereocenters. The summed E-state index contributed by atoms with van der Waals surface area (Å²) in [6.45, 7) is 0.579. The molecule has 0 aliphatic rings. The fraction of sp³-hybridized carbons (Fsp3) is 0.0909. The van der Waals surface area contributed by atoms with Gasteiger partial charge < -0.3 is 0 Å². The highest BCUT2D eigenvalue weighted by atomic mass is 79.9. The molecule has 0 fully saturated rings. The van der Waals surface area contributed by atoms with Gasteiger partial charge in [-0.2, -0.15) is 0 Å². The van der Waals surface area contributed by atoms with Crippen LogP contribution in [0.4, 0.5) is 0 Å². The van der Waals surface area contributed by atoms with E-state index in [9.17, 15) is 4.79 Å². The van der Waals surface area contributed by atoms with E-state index in [1.54, 1.807) is 22.2 Å². The lowest BCUT2D eigenvalue weighted by Crippen LogP contribution is -2.19. The topological polar surface area (TPSA) is 34.9 Å². The maximum absolute atomic E-state index is 12.1. The van der Waals surface area contributed by atoms with Crippen molar-refractivity contribution in [3.8, 4) is 0 Å². The Bertz CT molecular complexity index is 728. The Kier molecular flexibility index (Phi) is 2.85. The van der Waals surface area contributed by atoms with Gasteiger partial charge in [-0.05, 0) is 33.4 Å². The quantitative estimate of drug-likeness (QED) is 0.724. The van der Waals surface area contributed by atoms with Gasteiger partial charge in [0.25, 0.3) is 5.56 Å². The van der Waals surface area contributed by atoms with Crippen LogP contribution in [0.3, 0.4) is 0 Å². The van der Waals surface area contributed by atoms with Crippen LogP contribution in [0, 0.1) is 0 Å². The van der Waals surface area contributed by atoms with Crippen LogP contribution in [-0.2, 0) is 6.54 Å². The molecule has 0 aromatic carbocycles. The molecule has 6 heteroatoms. The molecule has 0 saturated heterocycles. The molecule has 3 aromatic heterocycles. The van der Waals surface area contributed by atoms with E-state index in [4.69, 9.17) is 0 Å². The fourth-order valence-electron chi connectivity index (χ4n) is 1.60. The van der Waals surface area contributed by atoms with Crippen LogP contribution >= 0.6 is 38.6 Å². The molecule has 3 aromatic rings. The maximum atomic E-state index is 12.1. The first-order valence-corrected chi connectivity index (χ1v) is 7.45. The third-order valence-corrected chi connectivity index (χ3v) is 4.96. The van der Waals surface area contributed by atoms with Crippen LogP contribution in [0.15, 0.2) is 38.5 Å². The predicted molar refractivity (Wildman–Crippen MR) is 75.0 cm³/mol. The lowest BCUT2D eigenvalue weighted by Gasteiger charge is -2.02. The zero-order chi connectivity index (χ0) is 11.8. The van der Waals surface area contributed by atoms with E-state index in [1.165, 1.54) is 11.3 Å². The van der Waals surface area contributed by atoms with E-state index in [2.05, 4.69) is 20.9 Å². The van der Waals surface area contributed by atoms with Crippen molar-refractivity contribution in [2.24, 2.45) is 0 Å². The van der Waals surface area contributed by atoms with Gasteiger partial charge in [-0.3, -0.25) is 9.36 Å². The second kappa shape index (κ2) is 4.36. The monoisotopic (exact) mass is 326 g/mol. The summed E-state index contributed by atoms with van der Waals surface area (Å²) in [6.07, 6.45) is 1.62. The summed E-state index contributed by atoms with van der Waals surface area (Å²) in [4.78, 5) is 17.5. The molecule has 0 radical (unpaired) electrons. The zero-order valence-corrected chi connectivity index (χ0v) is 11.8. The number of hydrogen-bond acceptors (Lipinski definition) is 4. The first kappa shape index (κ1) is 11.1. The van der Waals surface area contributed by atoms with Crippen LogP contribution in [0.5, 0.6) is 0 Å². The van der Waals surface area contributed by atoms with Crippen molar-refractivity contribution in [2.45, 2.75) is 6.54 Å². The second-order valence-corrected chi connectivity index (χ2v) is 6.37. The number of aromatic nitrogens is 2. The average Bonchev–Trinajstić information content (AvgIpc) is 2.92. The first-order valence-electron chi connectivity index (χ1n) is 4.89. The third-order valence-electron chi connectivity index (χ3n) is 2.38. The van der Waals surface area contributed by atoms with E-state index < -0.39 is 0 Å². The lowest BCUT2D eigenvalue weighted by atomic mass is 10.4. The minimum atomic E-state index is 0.0366. The fourth-order valence-corrected chi connectivity index (χ4v) is 3.84. The zero-order valence-electron chi connectivity index (χ0n) is 8.59. The van der Waals surface area contributed by atoms with E-state index in [1.807, 2.05) is 22.9 Å². The molecule has 3 nitrogen and oxygen atoms in total. The van der Waals surface area contributed by atoms with Crippen LogP contribution in [0.2, 0.25) is 0 Å². The molecule has 0 saturated carbocycles. The Morgan fingerprint density at radius 2 is 2.29 bits per heavy atom. The van der Waals surface area contributed by atoms with E-state index in [-0.39, 0.29) is 5.56 Å². The molecule has 0 N–H and O–H groups in total. The number of fused-ring (bicyclic) bond motifs is 1. The average molecular weight is 327 g/mol. The lowest BCUT2D eigenvalue weighted by molar-refractivity contribution is 0.759. The van der Waals surface area contributed by atoms with E-state index in [0.29, 0.717) is 6.54 Å². The van der Waals surface area contributed by atoms with E-state index in [0.717, 1.165) is 19.6 Å². The molecule has 0 aliphatic carbocycles. The van der Waals surface area contributed by atoms with Crippen molar-refractivity contribution in [3.05, 3.63) is 48.9 Å². The molecule has 3 heterocycles. The molecule has 3 rings (SSSR count). The van der Waals surface area contributed by atoms with Crippen LogP contribution in [0.1, 0.15) is 4.88 Å². The third kappa shape index (κ3) is 2.08. The molecule has 17 heavy (non-hydrogen) atoms. The Labute approximate surface area is 113 Å². The SMILES string of the molecule is O=c1c2sccc2ncn1Cc1cc(Br)cs1. The van der Waals surface area contributed by atoms with Gasteiger partial charge in [0, 0.05) is 14.7 Å². The molecule has 0 aliphatic heterocycles. The van der Waals surface area contributed by atoms with Crippen molar-refractivity contribution in [3.63, 3.8) is 0 Å². The van der Waals surface area contributed by atoms with Gasteiger partial charge in [0.05, 0.1) is 18.4 Å². The highest BCUT2D eigenvalue weighted by molar-refractivity contribution is 9.10. The Morgan fingerprint density at radius 1 is 1.41 bits per heavy atom. The Hall–Kier alpha value is -0.980. The highest BCUT2D eigenvalue weighted by Gasteiger charge is 2.06. The summed E-state index contributed by atoms with van der Waals surface area (Å²) >= 11 is 6.48. The Morgan fingerprint density at radius 3 is 3.06 bits per heavy atom. The van der Waals surface area contributed by atoms with Crippen molar-refractivity contribution < 1.29 is 0 Å². The standard InChI is InChI=1S/C11H7BrN2OS2/c12-7-3-8(17-5-7)4-14-6-13-9-1-2-16-10(9)11(14)15/h1-3,5-6H,4H2. The molecule has 0 atom stereocenters. The minimum absolute atomic E-state index is 0.0366. The van der Waals surface area contributed by atoms with Gasteiger partial charge in [0.2, 0.25) is 0 Å². The maximum Gasteiger partial charge on any atom is 0.271 e. The van der Waals surface area contributed by atoms with Crippen molar-refractivity contribution in [2.75, 3.05) is 0 Å². The summed E-state index contributed by atoms with van der Waals surface area (Å²) in [7, 11) is 0. The van der Waals surface area contributed by atoms with Gasteiger partial charge in [-0.15, -0.1) is 22.7 Å². The summed E-state index contributed by atoms with van der Waals surface area (Å²) in [5.74, 6) is 0. The first-order chi connectivity index (χ1) is 8.24. The smallest absolute Gasteiger partial charge is 0.271 e. The molecular formula is C11H7BrN2OS2. The van der Waals surface area contributed by atoms with E-state index >= 15 is 0 Å². The molecular weight excluding hydrogens is 320 g/mol. The summed E-state index contributed by atoms with van der Waals surface area (Å²) in [5, 5.41) is 3.91. The van der Waals surface area contributed by atoms with Gasteiger partial charge in [-0.25, -0.2) is 4.98 Å². The number of rotatable bonds is 2. The Balaban J connectivity index is 2.06. The van der Waals surface area contributed by atoms with Crippen molar-refractivity contribution in [1.82, 2.24) is 9.55 Å². The number of hydrogen-bond donors (Lipinski definition) is 0.